The van der Waals surface area contributed by atoms with Crippen LogP contribution < -0.4 is 5.73 Å². The number of fused-ring (bicyclic) bond motifs is 3. The Bertz CT molecular complexity index is 618. The van der Waals surface area contributed by atoms with Crippen molar-refractivity contribution in [1.82, 2.24) is 0 Å². The summed E-state index contributed by atoms with van der Waals surface area (Å²) in [6, 6.07) is 5.11. The maximum absolute atomic E-state index is 13.7. The van der Waals surface area contributed by atoms with Gasteiger partial charge >= 0.3 is 0 Å². The third kappa shape index (κ3) is 3.80. The second-order valence-corrected chi connectivity index (χ2v) is 5.89. The third-order valence-corrected chi connectivity index (χ3v) is 4.50. The molecule has 0 amide bonds. The highest BCUT2D eigenvalue weighted by molar-refractivity contribution is 5.43. The van der Waals surface area contributed by atoms with Crippen molar-refractivity contribution in [2.75, 3.05) is 13.7 Å². The third-order valence-electron chi connectivity index (χ3n) is 4.50. The van der Waals surface area contributed by atoms with Gasteiger partial charge in [-0.15, -0.1) is 0 Å². The van der Waals surface area contributed by atoms with Crippen LogP contribution in [-0.2, 0) is 11.2 Å². The minimum Gasteiger partial charge on any atom is -0.373 e. The second kappa shape index (κ2) is 8.23. The second-order valence-electron chi connectivity index (χ2n) is 5.89. The highest BCUT2D eigenvalue weighted by atomic mass is 19.1. The lowest BCUT2D eigenvalue weighted by molar-refractivity contribution is -0.0152. The van der Waals surface area contributed by atoms with Gasteiger partial charge in [0.25, 0.3) is 0 Å². The topological polar surface area (TPSA) is 35.2 Å². The summed E-state index contributed by atoms with van der Waals surface area (Å²) in [5.74, 6) is 0.141. The minimum absolute atomic E-state index is 0.0219. The van der Waals surface area contributed by atoms with Crippen LogP contribution >= 0.6 is 0 Å². The zero-order valence-corrected chi connectivity index (χ0v) is 14.0. The zero-order valence-electron chi connectivity index (χ0n) is 14.0. The highest BCUT2D eigenvalue weighted by Gasteiger charge is 2.34. The summed E-state index contributed by atoms with van der Waals surface area (Å²) in [4.78, 5) is 0. The largest absolute Gasteiger partial charge is 0.373 e. The molecule has 3 heteroatoms. The number of rotatable bonds is 2. The molecule has 2 N–H and O–H groups in total. The van der Waals surface area contributed by atoms with Gasteiger partial charge in [0.1, 0.15) is 5.82 Å². The van der Waals surface area contributed by atoms with E-state index in [9.17, 15) is 4.39 Å². The van der Waals surface area contributed by atoms with E-state index in [1.165, 1.54) is 23.8 Å². The summed E-state index contributed by atoms with van der Waals surface area (Å²) in [5.41, 5.74) is 9.39. The van der Waals surface area contributed by atoms with Gasteiger partial charge in [-0.3, -0.25) is 0 Å². The Morgan fingerprint density at radius 2 is 2.13 bits per heavy atom. The molecule has 1 fully saturated rings. The van der Waals surface area contributed by atoms with Crippen molar-refractivity contribution in [3.8, 4) is 0 Å². The van der Waals surface area contributed by atoms with Crippen molar-refractivity contribution >= 4 is 0 Å². The molecule has 0 aromatic heterocycles. The molecule has 2 unspecified atom stereocenters. The Morgan fingerprint density at radius 3 is 2.87 bits per heavy atom. The van der Waals surface area contributed by atoms with Crippen LogP contribution in [0.25, 0.3) is 0 Å². The minimum atomic E-state index is -0.176. The molecule has 0 radical (unpaired) electrons. The molecule has 3 rings (SSSR count). The van der Waals surface area contributed by atoms with Crippen LogP contribution in [0.2, 0.25) is 0 Å². The van der Waals surface area contributed by atoms with Crippen molar-refractivity contribution in [3.05, 3.63) is 71.1 Å². The summed E-state index contributed by atoms with van der Waals surface area (Å²) < 4.78 is 19.7. The molecule has 0 spiro atoms. The molecule has 0 bridgehead atoms. The van der Waals surface area contributed by atoms with Crippen LogP contribution in [-0.4, -0.2) is 13.7 Å². The summed E-state index contributed by atoms with van der Waals surface area (Å²) >= 11 is 0. The van der Waals surface area contributed by atoms with E-state index in [2.05, 4.69) is 25.3 Å². The van der Waals surface area contributed by atoms with E-state index in [0.29, 0.717) is 5.92 Å². The monoisotopic (exact) mass is 315 g/mol. The van der Waals surface area contributed by atoms with E-state index >= 15 is 0 Å². The van der Waals surface area contributed by atoms with E-state index in [1.807, 2.05) is 12.1 Å². The van der Waals surface area contributed by atoms with Gasteiger partial charge in [-0.2, -0.15) is 0 Å². The summed E-state index contributed by atoms with van der Waals surface area (Å²) in [6.07, 6.45) is 8.93. The molecule has 2 atom stereocenters. The Hall–Kier alpha value is -1.71. The zero-order chi connectivity index (χ0) is 16.8. The van der Waals surface area contributed by atoms with Crippen molar-refractivity contribution in [3.63, 3.8) is 0 Å². The van der Waals surface area contributed by atoms with E-state index in [1.54, 1.807) is 18.2 Å². The molecular formula is C20H26FNO. The van der Waals surface area contributed by atoms with Crippen LogP contribution in [0.3, 0.4) is 0 Å². The lowest BCUT2D eigenvalue weighted by atomic mass is 9.83. The molecule has 23 heavy (non-hydrogen) atoms. The fourth-order valence-electron chi connectivity index (χ4n) is 3.54. The predicted molar refractivity (Wildman–Crippen MR) is 93.7 cm³/mol. The van der Waals surface area contributed by atoms with Gasteiger partial charge in [-0.25, -0.2) is 4.39 Å². The Kier molecular flexibility index (Phi) is 6.31. The van der Waals surface area contributed by atoms with E-state index in [4.69, 9.17) is 4.74 Å². The quantitative estimate of drug-likeness (QED) is 0.817. The molecule has 2 aliphatic rings. The van der Waals surface area contributed by atoms with E-state index in [-0.39, 0.29) is 11.9 Å². The Morgan fingerprint density at radius 1 is 1.35 bits per heavy atom. The predicted octanol–water partition coefficient (Wildman–Crippen LogP) is 4.48. The maximum atomic E-state index is 13.7. The lowest BCUT2D eigenvalue weighted by Gasteiger charge is -2.33. The number of hydrogen-bond acceptors (Lipinski definition) is 2. The van der Waals surface area contributed by atoms with Crippen molar-refractivity contribution in [2.45, 2.75) is 32.3 Å². The van der Waals surface area contributed by atoms with Gasteiger partial charge in [0.2, 0.25) is 0 Å². The highest BCUT2D eigenvalue weighted by Crippen LogP contribution is 2.44. The smallest absolute Gasteiger partial charge is 0.123 e. The summed E-state index contributed by atoms with van der Waals surface area (Å²) in [5, 5.41) is 0. The van der Waals surface area contributed by atoms with Gasteiger partial charge in [0.15, 0.2) is 0 Å². The van der Waals surface area contributed by atoms with E-state index in [0.717, 1.165) is 31.4 Å². The number of halogens is 1. The van der Waals surface area contributed by atoms with Crippen LogP contribution in [0.15, 0.2) is 54.2 Å². The fourth-order valence-corrected chi connectivity index (χ4v) is 3.54. The maximum Gasteiger partial charge on any atom is 0.123 e. The molecule has 1 saturated heterocycles. The molecular weight excluding hydrogens is 289 g/mol. The number of hydrogen-bond donors (Lipinski definition) is 1. The molecule has 2 nitrogen and oxygen atoms in total. The Labute approximate surface area is 138 Å². The van der Waals surface area contributed by atoms with Crippen LogP contribution in [0.5, 0.6) is 0 Å². The van der Waals surface area contributed by atoms with Crippen molar-refractivity contribution < 1.29 is 9.13 Å². The van der Waals surface area contributed by atoms with Gasteiger partial charge in [0.05, 0.1) is 6.10 Å². The molecule has 1 aromatic rings. The van der Waals surface area contributed by atoms with Crippen LogP contribution in [0.1, 0.15) is 37.0 Å². The molecule has 0 saturated carbocycles. The standard InChI is InChI=1S/C19H21FO.CH5N/c1-3-4-6-16-13(2)11-14-8-9-15(20)12-18(14)19-17(16)7-5-10-21-19;1-2/h3-4,6,8-9,12,17,19H,1,5,7,10-11H2,2H3;2H2,1H3/b6-4-;. The lowest BCUT2D eigenvalue weighted by Crippen LogP contribution is -2.24. The molecule has 1 aromatic carbocycles. The summed E-state index contributed by atoms with van der Waals surface area (Å²) in [6.45, 7) is 6.69. The van der Waals surface area contributed by atoms with Crippen LogP contribution in [0.4, 0.5) is 4.39 Å². The van der Waals surface area contributed by atoms with Gasteiger partial charge in [-0.1, -0.05) is 36.4 Å². The molecule has 1 heterocycles. The number of benzene rings is 1. The average Bonchev–Trinajstić information content (AvgIpc) is 2.69. The SMILES string of the molecule is C=C/C=C\C1=C(C)Cc2ccc(F)cc2C2OCCCC12.CN. The number of ether oxygens (including phenoxy) is 1. The van der Waals surface area contributed by atoms with Crippen LogP contribution in [0, 0.1) is 11.7 Å². The fraction of sp³-hybridized carbons (Fsp3) is 0.400. The van der Waals surface area contributed by atoms with Gasteiger partial charge < -0.3 is 10.5 Å². The Balaban J connectivity index is 0.000000924. The first kappa shape index (κ1) is 17.6. The van der Waals surface area contributed by atoms with Gasteiger partial charge in [-0.05, 0) is 62.1 Å². The first-order valence-electron chi connectivity index (χ1n) is 8.17. The molecule has 124 valence electrons. The van der Waals surface area contributed by atoms with Crippen molar-refractivity contribution in [2.24, 2.45) is 11.7 Å². The normalized spacial score (nSPS) is 23.5. The average molecular weight is 315 g/mol. The summed E-state index contributed by atoms with van der Waals surface area (Å²) in [7, 11) is 1.50. The number of nitrogens with two attached hydrogens (primary N) is 1. The molecule has 1 aliphatic carbocycles. The van der Waals surface area contributed by atoms with Gasteiger partial charge in [0, 0.05) is 12.5 Å². The molecule has 1 aliphatic heterocycles. The number of allylic oxidation sites excluding steroid dienone is 4. The van der Waals surface area contributed by atoms with Crippen molar-refractivity contribution in [1.29, 1.82) is 0 Å². The van der Waals surface area contributed by atoms with E-state index < -0.39 is 0 Å². The first-order valence-corrected chi connectivity index (χ1v) is 8.17. The first-order chi connectivity index (χ1) is 11.2.